The van der Waals surface area contributed by atoms with Gasteiger partial charge in [0.05, 0.1) is 23.2 Å². The maximum atomic E-state index is 13.7. The van der Waals surface area contributed by atoms with Crippen LogP contribution in [0.25, 0.3) is 16.7 Å². The molecular weight excluding hydrogens is 503 g/mol. The van der Waals surface area contributed by atoms with Crippen molar-refractivity contribution >= 4 is 22.8 Å². The lowest BCUT2D eigenvalue weighted by molar-refractivity contribution is -0.130. The second kappa shape index (κ2) is 11.7. The van der Waals surface area contributed by atoms with Gasteiger partial charge in [0.15, 0.2) is 5.65 Å². The minimum atomic E-state index is -0.277. The van der Waals surface area contributed by atoms with E-state index in [9.17, 15) is 9.18 Å². The molecule has 0 atom stereocenters. The number of hydrogen-bond donors (Lipinski definition) is 0. The van der Waals surface area contributed by atoms with E-state index < -0.39 is 0 Å². The second-order valence-electron chi connectivity index (χ2n) is 11.2. The summed E-state index contributed by atoms with van der Waals surface area (Å²) in [7, 11) is 0. The Morgan fingerprint density at radius 2 is 1.68 bits per heavy atom. The van der Waals surface area contributed by atoms with Crippen molar-refractivity contribution in [2.75, 3.05) is 31.1 Å². The highest BCUT2D eigenvalue weighted by Gasteiger charge is 2.26. The van der Waals surface area contributed by atoms with Crippen LogP contribution in [0.3, 0.4) is 0 Å². The first-order valence-corrected chi connectivity index (χ1v) is 14.6. The van der Waals surface area contributed by atoms with Gasteiger partial charge in [-0.1, -0.05) is 62.4 Å². The van der Waals surface area contributed by atoms with Gasteiger partial charge in [0, 0.05) is 32.6 Å². The zero-order chi connectivity index (χ0) is 27.5. The number of fused-ring (bicyclic) bond motifs is 1. The van der Waals surface area contributed by atoms with Crippen molar-refractivity contribution in [2.45, 2.75) is 58.3 Å². The van der Waals surface area contributed by atoms with Gasteiger partial charge in [-0.25, -0.2) is 19.0 Å². The Kier molecular flexibility index (Phi) is 7.75. The number of amides is 1. The van der Waals surface area contributed by atoms with Crippen LogP contribution < -0.4 is 4.90 Å². The summed E-state index contributed by atoms with van der Waals surface area (Å²) in [5, 5.41) is 5.78. The molecule has 0 unspecified atom stereocenters. The van der Waals surface area contributed by atoms with Crippen LogP contribution in [0.15, 0.2) is 54.6 Å². The number of carbonyl (C=O) groups is 1. The SMILES string of the molecule is Cc1nn(-c2ccc(F)cc2)c2nc(CC3CCCCC3)nc(N3CCCN(C(=O)Cc4ccccc4)CC3)c12. The number of nitrogens with zero attached hydrogens (tertiary/aromatic N) is 6. The van der Waals surface area contributed by atoms with E-state index in [0.29, 0.717) is 25.4 Å². The third-order valence-corrected chi connectivity index (χ3v) is 8.34. The molecule has 0 spiro atoms. The Balaban J connectivity index is 1.32. The van der Waals surface area contributed by atoms with Crippen molar-refractivity contribution in [3.63, 3.8) is 0 Å². The zero-order valence-electron chi connectivity index (χ0n) is 23.2. The smallest absolute Gasteiger partial charge is 0.227 e. The number of hydrogen-bond acceptors (Lipinski definition) is 5. The lowest BCUT2D eigenvalue weighted by Crippen LogP contribution is -2.36. The number of aromatic nitrogens is 4. The van der Waals surface area contributed by atoms with Crippen molar-refractivity contribution in [3.8, 4) is 5.69 Å². The Hall–Kier alpha value is -3.81. The molecule has 7 nitrogen and oxygen atoms in total. The summed E-state index contributed by atoms with van der Waals surface area (Å²) >= 11 is 0. The van der Waals surface area contributed by atoms with Crippen LogP contribution in [-0.4, -0.2) is 56.7 Å². The molecule has 0 N–H and O–H groups in total. The molecule has 3 heterocycles. The van der Waals surface area contributed by atoms with Gasteiger partial charge in [0.1, 0.15) is 17.5 Å². The van der Waals surface area contributed by atoms with Gasteiger partial charge in [0.2, 0.25) is 5.91 Å². The Bertz CT molecular complexity index is 1460. The molecular formula is C32H37FN6O. The van der Waals surface area contributed by atoms with Crippen LogP contribution in [0.5, 0.6) is 0 Å². The van der Waals surface area contributed by atoms with E-state index in [1.165, 1.54) is 44.2 Å². The predicted molar refractivity (Wildman–Crippen MR) is 155 cm³/mol. The van der Waals surface area contributed by atoms with E-state index in [4.69, 9.17) is 15.1 Å². The summed E-state index contributed by atoms with van der Waals surface area (Å²) in [6.45, 7) is 4.89. The van der Waals surface area contributed by atoms with Crippen molar-refractivity contribution in [1.82, 2.24) is 24.6 Å². The fourth-order valence-electron chi connectivity index (χ4n) is 6.20. The highest BCUT2D eigenvalue weighted by molar-refractivity contribution is 5.91. The second-order valence-corrected chi connectivity index (χ2v) is 11.2. The molecule has 1 amide bonds. The molecule has 6 rings (SSSR count). The van der Waals surface area contributed by atoms with E-state index in [2.05, 4.69) is 4.90 Å². The van der Waals surface area contributed by atoms with Crippen molar-refractivity contribution < 1.29 is 9.18 Å². The summed E-state index contributed by atoms with van der Waals surface area (Å²) in [4.78, 5) is 27.7. The average molecular weight is 541 g/mol. The molecule has 2 aromatic carbocycles. The molecule has 2 aromatic heterocycles. The van der Waals surface area contributed by atoms with E-state index >= 15 is 0 Å². The van der Waals surface area contributed by atoms with Crippen LogP contribution >= 0.6 is 0 Å². The Morgan fingerprint density at radius 1 is 0.900 bits per heavy atom. The molecule has 4 aromatic rings. The van der Waals surface area contributed by atoms with Crippen LogP contribution in [0.2, 0.25) is 0 Å². The van der Waals surface area contributed by atoms with Crippen LogP contribution in [0.1, 0.15) is 55.6 Å². The summed E-state index contributed by atoms with van der Waals surface area (Å²) in [6.07, 6.45) is 8.43. The number of rotatable bonds is 6. The third kappa shape index (κ3) is 5.71. The Labute approximate surface area is 235 Å². The van der Waals surface area contributed by atoms with E-state index in [0.717, 1.165) is 65.6 Å². The first-order valence-electron chi connectivity index (χ1n) is 14.6. The fraction of sp³-hybridized carbons (Fsp3) is 0.438. The average Bonchev–Trinajstić information content (AvgIpc) is 3.13. The van der Waals surface area contributed by atoms with E-state index in [-0.39, 0.29) is 11.7 Å². The molecule has 0 radical (unpaired) electrons. The molecule has 1 aliphatic carbocycles. The normalized spacial score (nSPS) is 16.9. The third-order valence-electron chi connectivity index (χ3n) is 8.34. The number of halogens is 1. The van der Waals surface area contributed by atoms with Gasteiger partial charge >= 0.3 is 0 Å². The van der Waals surface area contributed by atoms with Crippen LogP contribution in [0.4, 0.5) is 10.2 Å². The monoisotopic (exact) mass is 540 g/mol. The lowest BCUT2D eigenvalue weighted by atomic mass is 9.87. The largest absolute Gasteiger partial charge is 0.354 e. The zero-order valence-corrected chi connectivity index (χ0v) is 23.2. The first-order chi connectivity index (χ1) is 19.5. The van der Waals surface area contributed by atoms with Gasteiger partial charge in [-0.2, -0.15) is 5.10 Å². The summed E-state index contributed by atoms with van der Waals surface area (Å²) in [5.41, 5.74) is 3.43. The van der Waals surface area contributed by atoms with Gasteiger partial charge in [-0.15, -0.1) is 0 Å². The maximum Gasteiger partial charge on any atom is 0.227 e. The quantitative estimate of drug-likeness (QED) is 0.315. The molecule has 40 heavy (non-hydrogen) atoms. The highest BCUT2D eigenvalue weighted by atomic mass is 19.1. The van der Waals surface area contributed by atoms with Gasteiger partial charge in [0.25, 0.3) is 0 Å². The van der Waals surface area contributed by atoms with Crippen molar-refractivity contribution in [1.29, 1.82) is 0 Å². The van der Waals surface area contributed by atoms with Gasteiger partial charge in [-0.05, 0) is 49.1 Å². The maximum absolute atomic E-state index is 13.7. The van der Waals surface area contributed by atoms with E-state index in [1.807, 2.05) is 46.8 Å². The van der Waals surface area contributed by atoms with Crippen LogP contribution in [0, 0.1) is 18.7 Å². The summed E-state index contributed by atoms with van der Waals surface area (Å²) in [6, 6.07) is 16.3. The minimum Gasteiger partial charge on any atom is -0.354 e. The Morgan fingerprint density at radius 3 is 2.45 bits per heavy atom. The molecule has 208 valence electrons. The molecule has 1 aliphatic heterocycles. The number of aryl methyl sites for hydroxylation is 1. The number of anilines is 1. The van der Waals surface area contributed by atoms with Gasteiger partial charge in [-0.3, -0.25) is 4.79 Å². The number of carbonyl (C=O) groups excluding carboxylic acids is 1. The number of benzene rings is 2. The summed E-state index contributed by atoms with van der Waals surface area (Å²) in [5.74, 6) is 2.23. The van der Waals surface area contributed by atoms with Crippen molar-refractivity contribution in [3.05, 3.63) is 77.5 Å². The standard InChI is InChI=1S/C32H37FN6O/c1-23-30-31(38-18-8-17-37(19-20-38)29(40)22-25-11-6-3-7-12-25)34-28(21-24-9-4-2-5-10-24)35-32(30)39(36-23)27-15-13-26(33)14-16-27/h3,6-7,11-16,24H,2,4-5,8-10,17-22H2,1H3. The lowest BCUT2D eigenvalue weighted by Gasteiger charge is -2.25. The predicted octanol–water partition coefficient (Wildman–Crippen LogP) is 5.67. The molecule has 1 saturated carbocycles. The highest BCUT2D eigenvalue weighted by Crippen LogP contribution is 2.32. The van der Waals surface area contributed by atoms with Crippen LogP contribution in [-0.2, 0) is 17.6 Å². The van der Waals surface area contributed by atoms with E-state index in [1.54, 1.807) is 12.1 Å². The molecule has 2 fully saturated rings. The fourth-order valence-corrected chi connectivity index (χ4v) is 6.20. The molecule has 8 heteroatoms. The molecule has 1 saturated heterocycles. The summed E-state index contributed by atoms with van der Waals surface area (Å²) < 4.78 is 15.5. The minimum absolute atomic E-state index is 0.166. The first kappa shape index (κ1) is 26.4. The topological polar surface area (TPSA) is 67.2 Å². The van der Waals surface area contributed by atoms with Gasteiger partial charge < -0.3 is 9.80 Å². The molecule has 0 bridgehead atoms. The molecule has 2 aliphatic rings. The van der Waals surface area contributed by atoms with Crippen molar-refractivity contribution in [2.24, 2.45) is 5.92 Å².